The second-order valence-corrected chi connectivity index (χ2v) is 6.48. The predicted molar refractivity (Wildman–Crippen MR) is 80.9 cm³/mol. The molecule has 1 aliphatic heterocycles. The molecule has 1 aromatic rings. The average molecular weight is 282 g/mol. The van der Waals surface area contributed by atoms with Crippen LogP contribution in [0.3, 0.4) is 0 Å². The van der Waals surface area contributed by atoms with Gasteiger partial charge in [0, 0.05) is 0 Å². The summed E-state index contributed by atoms with van der Waals surface area (Å²) >= 11 is 2.75. The molecule has 0 bridgehead atoms. The van der Waals surface area contributed by atoms with Crippen LogP contribution in [0.1, 0.15) is 37.4 Å². The topological polar surface area (TPSA) is 18.5 Å². The van der Waals surface area contributed by atoms with Gasteiger partial charge in [-0.05, 0) is 24.0 Å². The van der Waals surface area contributed by atoms with E-state index in [2.05, 4.69) is 52.0 Å². The Morgan fingerprint density at radius 1 is 0.833 bits per heavy atom. The Balaban J connectivity index is 2.30. The van der Waals surface area contributed by atoms with E-state index in [4.69, 9.17) is 8.37 Å². The van der Waals surface area contributed by atoms with Crippen molar-refractivity contribution in [2.45, 2.75) is 27.7 Å². The number of rotatable bonds is 4. The van der Waals surface area contributed by atoms with Crippen LogP contribution in [-0.2, 0) is 0 Å². The third kappa shape index (κ3) is 3.12. The minimum Gasteiger partial charge on any atom is -0.386 e. The summed E-state index contributed by atoms with van der Waals surface area (Å²) < 4.78 is 10.9. The molecule has 2 heterocycles. The number of hydrogen-bond acceptors (Lipinski definition) is 4. The smallest absolute Gasteiger partial charge is 0.293 e. The summed E-state index contributed by atoms with van der Waals surface area (Å²) in [4.78, 5) is 2.26. The standard InChI is InChI=1S/C14H18O2S2/c1-9(2)5-7-11-13-14(16-18-15-13)12(17-11)8-6-10(3)4/h5-10H,1-4H3/b7-5+,8-6+. The Morgan fingerprint density at radius 3 is 1.67 bits per heavy atom. The Bertz CT molecular complexity index is 430. The minimum absolute atomic E-state index is 0.535. The first-order valence-electron chi connectivity index (χ1n) is 6.12. The molecule has 0 N–H and O–H groups in total. The highest BCUT2D eigenvalue weighted by atomic mass is 32.2. The Labute approximate surface area is 117 Å². The summed E-state index contributed by atoms with van der Waals surface area (Å²) in [6.45, 7) is 8.65. The van der Waals surface area contributed by atoms with Gasteiger partial charge in [0.2, 0.25) is 11.5 Å². The number of hydrogen-bond donors (Lipinski definition) is 0. The van der Waals surface area contributed by atoms with Gasteiger partial charge in [0.1, 0.15) is 0 Å². The molecule has 0 amide bonds. The monoisotopic (exact) mass is 282 g/mol. The van der Waals surface area contributed by atoms with Crippen molar-refractivity contribution in [1.29, 1.82) is 0 Å². The lowest BCUT2D eigenvalue weighted by Gasteiger charge is -1.95. The Hall–Kier alpha value is -0.870. The first kappa shape index (κ1) is 13.6. The van der Waals surface area contributed by atoms with Gasteiger partial charge in [-0.15, -0.1) is 11.3 Å². The molecule has 98 valence electrons. The summed E-state index contributed by atoms with van der Waals surface area (Å²) in [7, 11) is 0. The van der Waals surface area contributed by atoms with Crippen LogP contribution in [0, 0.1) is 11.8 Å². The molecule has 2 nitrogen and oxygen atoms in total. The maximum absolute atomic E-state index is 5.47. The zero-order chi connectivity index (χ0) is 13.1. The third-order valence-electron chi connectivity index (χ3n) is 2.37. The van der Waals surface area contributed by atoms with E-state index in [1.807, 2.05) is 0 Å². The van der Waals surface area contributed by atoms with Crippen molar-refractivity contribution in [1.82, 2.24) is 0 Å². The highest BCUT2D eigenvalue weighted by Crippen LogP contribution is 2.50. The molecule has 4 heteroatoms. The van der Waals surface area contributed by atoms with Gasteiger partial charge in [0.05, 0.1) is 9.75 Å². The minimum atomic E-state index is 0.535. The van der Waals surface area contributed by atoms with Crippen molar-refractivity contribution in [3.05, 3.63) is 21.9 Å². The van der Waals surface area contributed by atoms with E-state index in [0.29, 0.717) is 11.8 Å². The van der Waals surface area contributed by atoms with Crippen molar-refractivity contribution < 1.29 is 8.37 Å². The first-order valence-corrected chi connectivity index (χ1v) is 7.60. The Kier molecular flexibility index (Phi) is 4.40. The van der Waals surface area contributed by atoms with Crippen LogP contribution in [-0.4, -0.2) is 0 Å². The molecule has 0 aliphatic carbocycles. The van der Waals surface area contributed by atoms with Crippen molar-refractivity contribution >= 4 is 35.8 Å². The van der Waals surface area contributed by atoms with E-state index in [1.54, 1.807) is 11.3 Å². The molecular formula is C14H18O2S2. The van der Waals surface area contributed by atoms with Gasteiger partial charge < -0.3 is 8.37 Å². The fourth-order valence-corrected chi connectivity index (χ4v) is 3.05. The molecule has 0 radical (unpaired) electrons. The van der Waals surface area contributed by atoms with Crippen LogP contribution < -0.4 is 8.37 Å². The molecule has 0 spiro atoms. The normalized spacial score (nSPS) is 14.8. The lowest BCUT2D eigenvalue weighted by Crippen LogP contribution is -1.78. The summed E-state index contributed by atoms with van der Waals surface area (Å²) in [5, 5.41) is 0. The quantitative estimate of drug-likeness (QED) is 0.687. The van der Waals surface area contributed by atoms with E-state index in [0.717, 1.165) is 33.6 Å². The highest BCUT2D eigenvalue weighted by molar-refractivity contribution is 7.90. The molecule has 1 aliphatic rings. The number of thiophene rings is 1. The second-order valence-electron chi connectivity index (χ2n) is 4.93. The molecule has 0 saturated heterocycles. The van der Waals surface area contributed by atoms with Gasteiger partial charge >= 0.3 is 0 Å². The molecule has 0 unspecified atom stereocenters. The number of allylic oxidation sites excluding steroid dienone is 2. The predicted octanol–water partition coefficient (Wildman–Crippen LogP) is 5.42. The van der Waals surface area contributed by atoms with E-state index in [-0.39, 0.29) is 0 Å². The zero-order valence-corrected chi connectivity index (χ0v) is 12.7. The molecule has 18 heavy (non-hydrogen) atoms. The maximum atomic E-state index is 5.47. The van der Waals surface area contributed by atoms with Gasteiger partial charge in [-0.1, -0.05) is 39.8 Å². The molecule has 0 fully saturated rings. The molecule has 0 saturated carbocycles. The highest BCUT2D eigenvalue weighted by Gasteiger charge is 2.25. The van der Waals surface area contributed by atoms with Gasteiger partial charge in [0.15, 0.2) is 0 Å². The lowest BCUT2D eigenvalue weighted by molar-refractivity contribution is 0.629. The van der Waals surface area contributed by atoms with E-state index >= 15 is 0 Å². The summed E-state index contributed by atoms with van der Waals surface area (Å²) in [6, 6.07) is 0. The third-order valence-corrected chi connectivity index (χ3v) is 3.93. The van der Waals surface area contributed by atoms with Crippen molar-refractivity contribution in [3.63, 3.8) is 0 Å². The van der Waals surface area contributed by atoms with Crippen molar-refractivity contribution in [2.24, 2.45) is 11.8 Å². The van der Waals surface area contributed by atoms with E-state index in [9.17, 15) is 0 Å². The molecule has 2 rings (SSSR count). The van der Waals surface area contributed by atoms with E-state index in [1.165, 1.54) is 0 Å². The lowest BCUT2D eigenvalue weighted by atomic mass is 10.2. The fraction of sp³-hybridized carbons (Fsp3) is 0.429. The molecule has 0 aromatic carbocycles. The fourth-order valence-electron chi connectivity index (χ4n) is 1.46. The van der Waals surface area contributed by atoms with Crippen LogP contribution >= 0.6 is 23.7 Å². The molecule has 1 aromatic heterocycles. The van der Waals surface area contributed by atoms with Gasteiger partial charge in [-0.2, -0.15) is 0 Å². The van der Waals surface area contributed by atoms with Gasteiger partial charge in [-0.25, -0.2) is 0 Å². The summed E-state index contributed by atoms with van der Waals surface area (Å²) in [6.07, 6.45) is 8.59. The first-order chi connectivity index (χ1) is 8.58. The van der Waals surface area contributed by atoms with Crippen LogP contribution in [0.25, 0.3) is 12.2 Å². The number of fused-ring (bicyclic) bond motifs is 1. The second kappa shape index (κ2) is 5.85. The summed E-state index contributed by atoms with van der Waals surface area (Å²) in [5.41, 5.74) is 0. The van der Waals surface area contributed by atoms with Crippen LogP contribution in [0.5, 0.6) is 11.5 Å². The molecule has 0 atom stereocenters. The van der Waals surface area contributed by atoms with Gasteiger partial charge in [-0.3, -0.25) is 0 Å². The van der Waals surface area contributed by atoms with Crippen LogP contribution in [0.2, 0.25) is 0 Å². The van der Waals surface area contributed by atoms with Crippen LogP contribution in [0.15, 0.2) is 12.2 Å². The maximum Gasteiger partial charge on any atom is 0.293 e. The molecular weight excluding hydrogens is 264 g/mol. The van der Waals surface area contributed by atoms with Gasteiger partial charge in [0.25, 0.3) is 12.3 Å². The van der Waals surface area contributed by atoms with Crippen molar-refractivity contribution in [3.8, 4) is 11.5 Å². The van der Waals surface area contributed by atoms with Crippen molar-refractivity contribution in [2.75, 3.05) is 0 Å². The summed E-state index contributed by atoms with van der Waals surface area (Å²) in [5.74, 6) is 2.80. The SMILES string of the molecule is CC(C)/C=C/c1sc(/C=C/C(C)C)c2c1OSO2. The largest absolute Gasteiger partial charge is 0.386 e. The van der Waals surface area contributed by atoms with E-state index < -0.39 is 0 Å². The van der Waals surface area contributed by atoms with Crippen LogP contribution in [0.4, 0.5) is 0 Å². The zero-order valence-electron chi connectivity index (χ0n) is 11.1. The Morgan fingerprint density at radius 2 is 1.28 bits per heavy atom. The average Bonchev–Trinajstić information content (AvgIpc) is 2.85.